The lowest BCUT2D eigenvalue weighted by Crippen LogP contribution is -2.69. The van der Waals surface area contributed by atoms with Crippen molar-refractivity contribution in [3.05, 3.63) is 12.2 Å². The summed E-state index contributed by atoms with van der Waals surface area (Å²) in [7, 11) is 0. The highest BCUT2D eigenvalue weighted by Crippen LogP contribution is 2.70. The van der Waals surface area contributed by atoms with Crippen LogP contribution in [0.4, 0.5) is 0 Å². The molecule has 0 aliphatic heterocycles. The number of carbonyl (C=O) groups excluding carboxylic acids is 1. The first-order valence-corrected chi connectivity index (χ1v) is 14.1. The molecule has 4 aliphatic carbocycles. The van der Waals surface area contributed by atoms with E-state index in [9.17, 15) is 15.0 Å². The molecule has 4 saturated carbocycles. The van der Waals surface area contributed by atoms with E-state index in [0.717, 1.165) is 32.1 Å². The molecular weight excluding hydrogens is 424 g/mol. The van der Waals surface area contributed by atoms with Gasteiger partial charge in [0.2, 0.25) is 0 Å². The molecule has 4 rings (SSSR count). The van der Waals surface area contributed by atoms with Gasteiger partial charge in [0.05, 0.1) is 11.2 Å². The van der Waals surface area contributed by atoms with Crippen LogP contribution in [0.15, 0.2) is 12.2 Å². The molecular formula is C30H50O4. The van der Waals surface area contributed by atoms with Crippen molar-refractivity contribution >= 4 is 5.97 Å². The summed E-state index contributed by atoms with van der Waals surface area (Å²) < 4.78 is 5.52. The van der Waals surface area contributed by atoms with Crippen molar-refractivity contribution in [2.45, 2.75) is 124 Å². The second kappa shape index (κ2) is 8.91. The van der Waals surface area contributed by atoms with Gasteiger partial charge < -0.3 is 14.9 Å². The number of aliphatic hydroxyl groups is 2. The van der Waals surface area contributed by atoms with Crippen molar-refractivity contribution in [1.82, 2.24) is 0 Å². The average molecular weight is 475 g/mol. The molecule has 4 heteroatoms. The monoisotopic (exact) mass is 474 g/mol. The Kier molecular flexibility index (Phi) is 6.86. The maximum atomic E-state index is 12.4. The highest BCUT2D eigenvalue weighted by Gasteiger charge is 2.70. The Morgan fingerprint density at radius 2 is 1.62 bits per heavy atom. The van der Waals surface area contributed by atoms with E-state index in [2.05, 4.69) is 53.7 Å². The predicted molar refractivity (Wildman–Crippen MR) is 136 cm³/mol. The standard InChI is InChI=1S/C30H50O4/c1-19(2)20(3)8-9-21(4)24-10-11-25-27(24,6)14-13-26-28(7)15-12-23(34-22(5)31)18-29(28,32)16-17-30(25,26)33/h8-9,19-21,23-26,32-33H,10-18H2,1-7H3/b9-8+/t20-,21+,23+,24-,25+,26-,27+,28+,29+,30-/m0/s1. The molecule has 4 nitrogen and oxygen atoms in total. The molecule has 0 radical (unpaired) electrons. The molecule has 0 bridgehead atoms. The Bertz CT molecular complexity index is 806. The normalized spacial score (nSPS) is 48.2. The van der Waals surface area contributed by atoms with Crippen LogP contribution in [-0.2, 0) is 9.53 Å². The summed E-state index contributed by atoms with van der Waals surface area (Å²) in [6.45, 7) is 15.4. The fourth-order valence-electron chi connectivity index (χ4n) is 9.22. The van der Waals surface area contributed by atoms with E-state index in [1.165, 1.54) is 13.3 Å². The van der Waals surface area contributed by atoms with Crippen LogP contribution < -0.4 is 0 Å². The van der Waals surface area contributed by atoms with Crippen molar-refractivity contribution in [3.8, 4) is 0 Å². The van der Waals surface area contributed by atoms with Gasteiger partial charge in [-0.3, -0.25) is 4.79 Å². The second-order valence-corrected chi connectivity index (χ2v) is 13.6. The van der Waals surface area contributed by atoms with Gasteiger partial charge in [-0.1, -0.05) is 53.7 Å². The van der Waals surface area contributed by atoms with Gasteiger partial charge in [0, 0.05) is 18.8 Å². The van der Waals surface area contributed by atoms with E-state index in [4.69, 9.17) is 4.74 Å². The van der Waals surface area contributed by atoms with E-state index in [1.54, 1.807) is 0 Å². The Morgan fingerprint density at radius 1 is 0.912 bits per heavy atom. The number of ether oxygens (including phenoxy) is 1. The lowest BCUT2D eigenvalue weighted by Gasteiger charge is -2.67. The zero-order valence-electron chi connectivity index (χ0n) is 22.8. The molecule has 10 atom stereocenters. The van der Waals surface area contributed by atoms with Crippen molar-refractivity contribution in [3.63, 3.8) is 0 Å². The fourth-order valence-corrected chi connectivity index (χ4v) is 9.22. The van der Waals surface area contributed by atoms with Crippen LogP contribution in [0.2, 0.25) is 0 Å². The van der Waals surface area contributed by atoms with Gasteiger partial charge in [0.1, 0.15) is 6.10 Å². The average Bonchev–Trinajstić information content (AvgIpc) is 3.11. The van der Waals surface area contributed by atoms with Crippen LogP contribution in [0.3, 0.4) is 0 Å². The maximum Gasteiger partial charge on any atom is 0.302 e. The summed E-state index contributed by atoms with van der Waals surface area (Å²) >= 11 is 0. The lowest BCUT2D eigenvalue weighted by molar-refractivity contribution is -0.277. The number of hydrogen-bond acceptors (Lipinski definition) is 4. The first-order chi connectivity index (χ1) is 15.8. The molecule has 4 fully saturated rings. The summed E-state index contributed by atoms with van der Waals surface area (Å²) in [4.78, 5) is 11.5. The molecule has 0 aromatic heterocycles. The zero-order chi connectivity index (χ0) is 25.1. The minimum absolute atomic E-state index is 0.112. The summed E-state index contributed by atoms with van der Waals surface area (Å²) in [5.74, 6) is 2.52. The third kappa shape index (κ3) is 3.99. The van der Waals surface area contributed by atoms with E-state index >= 15 is 0 Å². The Balaban J connectivity index is 1.56. The number of fused-ring (bicyclic) bond motifs is 5. The molecule has 34 heavy (non-hydrogen) atoms. The summed E-state index contributed by atoms with van der Waals surface area (Å²) in [5, 5.41) is 24.3. The molecule has 0 aromatic rings. The number of rotatable bonds is 5. The highest BCUT2D eigenvalue weighted by atomic mass is 16.5. The van der Waals surface area contributed by atoms with E-state index in [-0.39, 0.29) is 28.8 Å². The largest absolute Gasteiger partial charge is 0.462 e. The number of esters is 1. The van der Waals surface area contributed by atoms with Crippen molar-refractivity contribution in [1.29, 1.82) is 0 Å². The Hall–Kier alpha value is -0.870. The SMILES string of the molecule is CC(=O)O[C@@H]1CC[C@]2(C)[C@@H]3CC[C@@]4(C)[C@@H](CC[C@H]4[C@H](C)/C=C/[C@H](C)C(C)C)[C@@]3(O)CC[C@@]2(O)C1. The molecule has 0 unspecified atom stereocenters. The Labute approximate surface area is 207 Å². The summed E-state index contributed by atoms with van der Waals surface area (Å²) in [6, 6.07) is 0. The van der Waals surface area contributed by atoms with Gasteiger partial charge in [-0.2, -0.15) is 0 Å². The van der Waals surface area contributed by atoms with Crippen molar-refractivity contribution in [2.24, 2.45) is 46.3 Å². The first-order valence-electron chi connectivity index (χ1n) is 14.1. The molecule has 0 saturated heterocycles. The van der Waals surface area contributed by atoms with Crippen LogP contribution in [0.1, 0.15) is 106 Å². The fraction of sp³-hybridized carbons (Fsp3) is 0.900. The third-order valence-electron chi connectivity index (χ3n) is 11.6. The molecule has 0 heterocycles. The summed E-state index contributed by atoms with van der Waals surface area (Å²) in [6.07, 6.45) is 12.4. The van der Waals surface area contributed by atoms with Crippen LogP contribution in [0, 0.1) is 46.3 Å². The van der Waals surface area contributed by atoms with Gasteiger partial charge in [-0.25, -0.2) is 0 Å². The van der Waals surface area contributed by atoms with Crippen LogP contribution in [0.5, 0.6) is 0 Å². The Morgan fingerprint density at radius 3 is 2.26 bits per heavy atom. The smallest absolute Gasteiger partial charge is 0.302 e. The maximum absolute atomic E-state index is 12.4. The third-order valence-corrected chi connectivity index (χ3v) is 11.6. The van der Waals surface area contributed by atoms with E-state index in [1.807, 2.05) is 0 Å². The summed E-state index contributed by atoms with van der Waals surface area (Å²) in [5.41, 5.74) is -1.74. The van der Waals surface area contributed by atoms with Gasteiger partial charge >= 0.3 is 5.97 Å². The molecule has 0 aromatic carbocycles. The minimum atomic E-state index is -0.864. The topological polar surface area (TPSA) is 66.8 Å². The van der Waals surface area contributed by atoms with Gasteiger partial charge in [-0.05, 0) is 92.3 Å². The number of allylic oxidation sites excluding steroid dienone is 2. The molecule has 194 valence electrons. The quantitative estimate of drug-likeness (QED) is 0.363. The van der Waals surface area contributed by atoms with Crippen LogP contribution in [0.25, 0.3) is 0 Å². The molecule has 0 spiro atoms. The van der Waals surface area contributed by atoms with Gasteiger partial charge in [-0.15, -0.1) is 0 Å². The van der Waals surface area contributed by atoms with E-state index < -0.39 is 11.2 Å². The number of carbonyl (C=O) groups is 1. The molecule has 2 N–H and O–H groups in total. The van der Waals surface area contributed by atoms with Crippen molar-refractivity contribution < 1.29 is 19.7 Å². The van der Waals surface area contributed by atoms with Crippen molar-refractivity contribution in [2.75, 3.05) is 0 Å². The van der Waals surface area contributed by atoms with E-state index in [0.29, 0.717) is 48.9 Å². The van der Waals surface area contributed by atoms with Crippen LogP contribution >= 0.6 is 0 Å². The molecule has 4 aliphatic rings. The first kappa shape index (κ1) is 26.2. The lowest BCUT2D eigenvalue weighted by atomic mass is 9.41. The highest BCUT2D eigenvalue weighted by molar-refractivity contribution is 5.66. The number of hydrogen-bond donors (Lipinski definition) is 2. The van der Waals surface area contributed by atoms with Gasteiger partial charge in [0.15, 0.2) is 0 Å². The van der Waals surface area contributed by atoms with Gasteiger partial charge in [0.25, 0.3) is 0 Å². The minimum Gasteiger partial charge on any atom is -0.462 e. The second-order valence-electron chi connectivity index (χ2n) is 13.6. The predicted octanol–water partition coefficient (Wildman–Crippen LogP) is 6.29. The molecule has 0 amide bonds. The zero-order valence-corrected chi connectivity index (χ0v) is 22.8. The van der Waals surface area contributed by atoms with Crippen LogP contribution in [-0.4, -0.2) is 33.5 Å².